The average Bonchev–Trinajstić information content (AvgIpc) is 2.47. The molecule has 0 saturated carbocycles. The molecule has 1 aromatic rings. The lowest BCUT2D eigenvalue weighted by molar-refractivity contribution is 0.0926. The molecular formula is C16H25N3S. The van der Waals surface area contributed by atoms with Crippen molar-refractivity contribution in [3.8, 4) is 0 Å². The Kier molecular flexibility index (Phi) is 5.52. The van der Waals surface area contributed by atoms with Gasteiger partial charge >= 0.3 is 0 Å². The van der Waals surface area contributed by atoms with Crippen molar-refractivity contribution in [2.75, 3.05) is 33.2 Å². The van der Waals surface area contributed by atoms with Crippen molar-refractivity contribution in [2.24, 2.45) is 5.73 Å². The number of rotatable bonds is 5. The van der Waals surface area contributed by atoms with Crippen molar-refractivity contribution < 1.29 is 0 Å². The van der Waals surface area contributed by atoms with E-state index < -0.39 is 0 Å². The molecule has 0 amide bonds. The number of hydrogen-bond donors (Lipinski definition) is 1. The number of hydrogen-bond acceptors (Lipinski definition) is 3. The maximum atomic E-state index is 5.97. The summed E-state index contributed by atoms with van der Waals surface area (Å²) in [4.78, 5) is 5.56. The Balaban J connectivity index is 2.04. The van der Waals surface area contributed by atoms with Crippen LogP contribution in [0.3, 0.4) is 0 Å². The van der Waals surface area contributed by atoms with Crippen LogP contribution < -0.4 is 5.73 Å². The van der Waals surface area contributed by atoms with Crippen molar-refractivity contribution in [1.82, 2.24) is 9.80 Å². The Labute approximate surface area is 127 Å². The molecule has 1 aliphatic heterocycles. The van der Waals surface area contributed by atoms with E-state index in [0.29, 0.717) is 11.0 Å². The molecule has 3 nitrogen and oxygen atoms in total. The minimum atomic E-state index is 0.159. The zero-order valence-electron chi connectivity index (χ0n) is 12.5. The normalized spacial score (nSPS) is 22.6. The van der Waals surface area contributed by atoms with E-state index in [9.17, 15) is 0 Å². The van der Waals surface area contributed by atoms with Gasteiger partial charge in [0.1, 0.15) is 0 Å². The number of nitrogens with zero attached hydrogens (tertiary/aromatic N) is 2. The first-order valence-corrected chi connectivity index (χ1v) is 7.79. The van der Waals surface area contributed by atoms with Gasteiger partial charge in [0, 0.05) is 38.1 Å². The number of piperazine rings is 1. The highest BCUT2D eigenvalue weighted by Crippen LogP contribution is 2.20. The molecule has 110 valence electrons. The minimum absolute atomic E-state index is 0.159. The van der Waals surface area contributed by atoms with Crippen molar-refractivity contribution >= 4 is 17.2 Å². The zero-order valence-corrected chi connectivity index (χ0v) is 13.3. The van der Waals surface area contributed by atoms with E-state index >= 15 is 0 Å². The van der Waals surface area contributed by atoms with Gasteiger partial charge in [-0.25, -0.2) is 0 Å². The predicted octanol–water partition coefficient (Wildman–Crippen LogP) is 2.08. The van der Waals surface area contributed by atoms with Crippen molar-refractivity contribution in [1.29, 1.82) is 0 Å². The smallest absolute Gasteiger partial charge is 0.0816 e. The number of benzene rings is 1. The van der Waals surface area contributed by atoms with Crippen LogP contribution in [0.5, 0.6) is 0 Å². The molecule has 0 radical (unpaired) electrons. The molecule has 1 fully saturated rings. The lowest BCUT2D eigenvalue weighted by atomic mass is 9.97. The maximum Gasteiger partial charge on any atom is 0.0816 e. The maximum absolute atomic E-state index is 5.97. The van der Waals surface area contributed by atoms with Crippen LogP contribution in [0.1, 0.15) is 24.8 Å². The van der Waals surface area contributed by atoms with Gasteiger partial charge in [-0.3, -0.25) is 4.90 Å². The van der Waals surface area contributed by atoms with E-state index in [1.54, 1.807) is 0 Å². The average molecular weight is 291 g/mol. The quantitative estimate of drug-likeness (QED) is 0.842. The van der Waals surface area contributed by atoms with Crippen molar-refractivity contribution in [2.45, 2.75) is 25.3 Å². The summed E-state index contributed by atoms with van der Waals surface area (Å²) >= 11 is 5.29. The molecule has 1 saturated heterocycles. The standard InChI is InChI=1S/C16H25N3S/c1-3-14-11-19(10-9-18(14)2)12-15(16(17)20)13-7-5-4-6-8-13/h4-8,14-15H,3,9-12H2,1-2H3,(H2,17,20). The molecule has 0 spiro atoms. The second-order valence-corrected chi connectivity index (χ2v) is 6.14. The monoisotopic (exact) mass is 291 g/mol. The second-order valence-electron chi connectivity index (χ2n) is 5.67. The van der Waals surface area contributed by atoms with Gasteiger partial charge in [-0.05, 0) is 19.0 Å². The highest BCUT2D eigenvalue weighted by molar-refractivity contribution is 7.80. The molecule has 0 bridgehead atoms. The molecule has 2 rings (SSSR count). The summed E-state index contributed by atoms with van der Waals surface area (Å²) in [5.41, 5.74) is 7.20. The minimum Gasteiger partial charge on any atom is -0.393 e. The molecule has 0 aliphatic carbocycles. The van der Waals surface area contributed by atoms with Crippen LogP contribution in [-0.4, -0.2) is 54.1 Å². The largest absolute Gasteiger partial charge is 0.393 e. The Morgan fingerprint density at radius 2 is 2.05 bits per heavy atom. The lowest BCUT2D eigenvalue weighted by Gasteiger charge is -2.40. The highest BCUT2D eigenvalue weighted by atomic mass is 32.1. The fourth-order valence-corrected chi connectivity index (χ4v) is 3.13. The van der Waals surface area contributed by atoms with Crippen LogP contribution in [0.2, 0.25) is 0 Å². The summed E-state index contributed by atoms with van der Waals surface area (Å²) < 4.78 is 0. The molecule has 1 aromatic carbocycles. The lowest BCUT2D eigenvalue weighted by Crippen LogP contribution is -2.52. The molecule has 1 aliphatic rings. The summed E-state index contributed by atoms with van der Waals surface area (Å²) in [6, 6.07) is 11.0. The van der Waals surface area contributed by atoms with Gasteiger partial charge in [-0.15, -0.1) is 0 Å². The zero-order chi connectivity index (χ0) is 14.5. The summed E-state index contributed by atoms with van der Waals surface area (Å²) in [6.07, 6.45) is 1.19. The van der Waals surface area contributed by atoms with Crippen LogP contribution in [0.25, 0.3) is 0 Å². The van der Waals surface area contributed by atoms with Crippen LogP contribution in [0.4, 0.5) is 0 Å². The summed E-state index contributed by atoms with van der Waals surface area (Å²) in [5.74, 6) is 0.159. The molecular weight excluding hydrogens is 266 g/mol. The van der Waals surface area contributed by atoms with E-state index in [1.807, 2.05) is 6.07 Å². The third-order valence-corrected chi connectivity index (χ3v) is 4.60. The molecule has 1 heterocycles. The summed E-state index contributed by atoms with van der Waals surface area (Å²) in [7, 11) is 2.22. The van der Waals surface area contributed by atoms with Gasteiger partial charge in [0.15, 0.2) is 0 Å². The van der Waals surface area contributed by atoms with Crippen molar-refractivity contribution in [3.63, 3.8) is 0 Å². The first kappa shape index (κ1) is 15.4. The molecule has 4 heteroatoms. The topological polar surface area (TPSA) is 32.5 Å². The summed E-state index contributed by atoms with van der Waals surface area (Å²) in [5, 5.41) is 0. The second kappa shape index (κ2) is 7.16. The first-order valence-electron chi connectivity index (χ1n) is 7.38. The Morgan fingerprint density at radius 3 is 2.65 bits per heavy atom. The fraction of sp³-hybridized carbons (Fsp3) is 0.562. The Hall–Kier alpha value is -0.970. The number of likely N-dealkylation sites (N-methyl/N-ethyl adjacent to an activating group) is 1. The third-order valence-electron chi connectivity index (χ3n) is 4.32. The molecule has 2 N–H and O–H groups in total. The Bertz CT molecular complexity index is 435. The molecule has 20 heavy (non-hydrogen) atoms. The number of thiocarbonyl (C=S) groups is 1. The fourth-order valence-electron chi connectivity index (χ4n) is 2.92. The van der Waals surface area contributed by atoms with E-state index in [-0.39, 0.29) is 5.92 Å². The predicted molar refractivity (Wildman–Crippen MR) is 89.1 cm³/mol. The van der Waals surface area contributed by atoms with Gasteiger partial charge in [0.05, 0.1) is 4.99 Å². The van der Waals surface area contributed by atoms with Gasteiger partial charge < -0.3 is 10.6 Å². The van der Waals surface area contributed by atoms with Crippen molar-refractivity contribution in [3.05, 3.63) is 35.9 Å². The van der Waals surface area contributed by atoms with E-state index in [0.717, 1.165) is 26.2 Å². The van der Waals surface area contributed by atoms with Crippen LogP contribution in [0, 0.1) is 0 Å². The first-order chi connectivity index (χ1) is 9.61. The van der Waals surface area contributed by atoms with Crippen LogP contribution in [-0.2, 0) is 0 Å². The number of nitrogens with two attached hydrogens (primary N) is 1. The molecule has 2 unspecified atom stereocenters. The van der Waals surface area contributed by atoms with E-state index in [4.69, 9.17) is 18.0 Å². The van der Waals surface area contributed by atoms with Crippen LogP contribution in [0.15, 0.2) is 30.3 Å². The highest BCUT2D eigenvalue weighted by Gasteiger charge is 2.26. The Morgan fingerprint density at radius 1 is 1.35 bits per heavy atom. The van der Waals surface area contributed by atoms with E-state index in [1.165, 1.54) is 12.0 Å². The van der Waals surface area contributed by atoms with Gasteiger partial charge in [-0.1, -0.05) is 49.5 Å². The van der Waals surface area contributed by atoms with Gasteiger partial charge in [0.25, 0.3) is 0 Å². The van der Waals surface area contributed by atoms with Gasteiger partial charge in [-0.2, -0.15) is 0 Å². The molecule has 0 aromatic heterocycles. The van der Waals surface area contributed by atoms with Gasteiger partial charge in [0.2, 0.25) is 0 Å². The molecule has 2 atom stereocenters. The van der Waals surface area contributed by atoms with E-state index in [2.05, 4.69) is 48.0 Å². The summed E-state index contributed by atoms with van der Waals surface area (Å²) in [6.45, 7) is 6.52. The SMILES string of the molecule is CCC1CN(CC(C(N)=S)c2ccccc2)CCN1C. The van der Waals surface area contributed by atoms with Crippen LogP contribution >= 0.6 is 12.2 Å². The third kappa shape index (κ3) is 3.78.